The standard InChI is InChI=1S/C10H8N6OS/c1-5-6(2-3-17-5)9-13-14-10-16(9)15-8(12)7(4-11)18-10/h2-3,7,13H,1H2,(H2,12,15). The zero-order chi connectivity index (χ0) is 12.7. The van der Waals surface area contributed by atoms with E-state index in [-0.39, 0.29) is 5.84 Å². The summed E-state index contributed by atoms with van der Waals surface area (Å²) in [6.45, 7) is 3.77. The Morgan fingerprint density at radius 3 is 3.17 bits per heavy atom. The first kappa shape index (κ1) is 10.7. The minimum absolute atomic E-state index is 0.247. The van der Waals surface area contributed by atoms with Crippen molar-refractivity contribution in [3.05, 3.63) is 23.0 Å². The zero-order valence-electron chi connectivity index (χ0n) is 9.12. The lowest BCUT2D eigenvalue weighted by Crippen LogP contribution is -2.39. The summed E-state index contributed by atoms with van der Waals surface area (Å²) in [7, 11) is 0. The first-order valence-corrected chi connectivity index (χ1v) is 5.89. The van der Waals surface area contributed by atoms with E-state index in [0.29, 0.717) is 16.4 Å². The fourth-order valence-electron chi connectivity index (χ4n) is 1.61. The highest BCUT2D eigenvalue weighted by molar-refractivity contribution is 8.15. The van der Waals surface area contributed by atoms with Gasteiger partial charge in [-0.05, 0) is 6.07 Å². The number of fused-ring (bicyclic) bond motifs is 1. The normalized spacial score (nSPS) is 24.8. The smallest absolute Gasteiger partial charge is 0.211 e. The van der Waals surface area contributed by atoms with Crippen molar-refractivity contribution in [3.63, 3.8) is 0 Å². The summed E-state index contributed by atoms with van der Waals surface area (Å²) in [6.07, 6.45) is 1.53. The highest BCUT2D eigenvalue weighted by Crippen LogP contribution is 2.27. The van der Waals surface area contributed by atoms with Crippen LogP contribution in [0.4, 0.5) is 0 Å². The SMILES string of the molecule is C=c1occc1=C1NN=C2SC(C#N)C(N)=NN21. The molecular weight excluding hydrogens is 252 g/mol. The summed E-state index contributed by atoms with van der Waals surface area (Å²) in [5, 5.41) is 19.5. The van der Waals surface area contributed by atoms with Gasteiger partial charge in [0.25, 0.3) is 0 Å². The molecule has 1 unspecified atom stereocenters. The molecule has 0 saturated carbocycles. The number of nitriles is 1. The Bertz CT molecular complexity index is 711. The summed E-state index contributed by atoms with van der Waals surface area (Å²) >= 11 is 1.24. The largest absolute Gasteiger partial charge is 0.465 e. The Hall–Kier alpha value is -2.40. The summed E-state index contributed by atoms with van der Waals surface area (Å²) in [5.74, 6) is 0.868. The molecule has 7 nitrogen and oxygen atoms in total. The van der Waals surface area contributed by atoms with Gasteiger partial charge >= 0.3 is 0 Å². The molecule has 1 atom stereocenters. The first-order chi connectivity index (χ1) is 8.70. The van der Waals surface area contributed by atoms with Crippen LogP contribution in [0.5, 0.6) is 0 Å². The van der Waals surface area contributed by atoms with Gasteiger partial charge in [-0.2, -0.15) is 10.3 Å². The quantitative estimate of drug-likeness (QED) is 0.610. The minimum Gasteiger partial charge on any atom is -0.465 e. The van der Waals surface area contributed by atoms with E-state index in [2.05, 4.69) is 28.3 Å². The molecule has 8 heteroatoms. The van der Waals surface area contributed by atoms with E-state index >= 15 is 0 Å². The van der Waals surface area contributed by atoms with Crippen molar-refractivity contribution in [2.75, 3.05) is 0 Å². The number of nitrogens with zero attached hydrogens (tertiary/aromatic N) is 4. The van der Waals surface area contributed by atoms with Crippen LogP contribution in [0.1, 0.15) is 0 Å². The highest BCUT2D eigenvalue weighted by Gasteiger charge is 2.33. The second kappa shape index (κ2) is 3.82. The molecule has 90 valence electrons. The number of nitrogens with two attached hydrogens (primary N) is 1. The van der Waals surface area contributed by atoms with Gasteiger partial charge in [-0.25, -0.2) is 0 Å². The third-order valence-corrected chi connectivity index (χ3v) is 3.53. The Labute approximate surface area is 106 Å². The molecule has 0 aromatic carbocycles. The van der Waals surface area contributed by atoms with Crippen LogP contribution in [0, 0.1) is 11.3 Å². The molecule has 0 spiro atoms. The summed E-state index contributed by atoms with van der Waals surface area (Å²) < 4.78 is 5.14. The zero-order valence-corrected chi connectivity index (χ0v) is 9.94. The highest BCUT2D eigenvalue weighted by atomic mass is 32.2. The number of hydrazone groups is 2. The maximum Gasteiger partial charge on any atom is 0.211 e. The van der Waals surface area contributed by atoms with Gasteiger partial charge in [0.1, 0.15) is 11.3 Å². The number of nitrogens with one attached hydrogen (secondary N) is 1. The topological polar surface area (TPSA) is 103 Å². The van der Waals surface area contributed by atoms with Crippen LogP contribution < -0.4 is 21.8 Å². The number of hydrogen-bond donors (Lipinski definition) is 2. The van der Waals surface area contributed by atoms with Gasteiger partial charge in [0.2, 0.25) is 5.17 Å². The molecule has 0 saturated heterocycles. The molecule has 1 aromatic heterocycles. The molecule has 2 aliphatic heterocycles. The van der Waals surface area contributed by atoms with Gasteiger partial charge in [0.05, 0.1) is 17.6 Å². The molecule has 0 radical (unpaired) electrons. The summed E-state index contributed by atoms with van der Waals surface area (Å²) in [6, 6.07) is 3.82. The Morgan fingerprint density at radius 1 is 1.67 bits per heavy atom. The predicted molar refractivity (Wildman–Crippen MR) is 67.9 cm³/mol. The molecule has 3 heterocycles. The maximum atomic E-state index is 8.92. The van der Waals surface area contributed by atoms with Gasteiger partial charge in [-0.15, -0.1) is 10.2 Å². The third kappa shape index (κ3) is 1.45. The molecule has 1 aromatic rings. The monoisotopic (exact) mass is 260 g/mol. The van der Waals surface area contributed by atoms with Crippen molar-refractivity contribution in [3.8, 4) is 6.07 Å². The first-order valence-electron chi connectivity index (χ1n) is 5.01. The van der Waals surface area contributed by atoms with E-state index in [0.717, 1.165) is 5.22 Å². The number of rotatable bonds is 0. The number of thioether (sulfide) groups is 1. The Kier molecular flexibility index (Phi) is 2.28. The van der Waals surface area contributed by atoms with E-state index in [9.17, 15) is 0 Å². The molecule has 3 rings (SSSR count). The summed E-state index contributed by atoms with van der Waals surface area (Å²) in [5.41, 5.74) is 9.08. The van der Waals surface area contributed by atoms with Gasteiger partial charge in [-0.3, -0.25) is 5.43 Å². The van der Waals surface area contributed by atoms with E-state index in [1.807, 2.05) is 0 Å². The van der Waals surface area contributed by atoms with E-state index in [1.165, 1.54) is 18.0 Å². The van der Waals surface area contributed by atoms with Crippen molar-refractivity contribution in [1.82, 2.24) is 10.4 Å². The van der Waals surface area contributed by atoms with Crippen molar-refractivity contribution >= 4 is 35.2 Å². The molecule has 0 aliphatic carbocycles. The van der Waals surface area contributed by atoms with Crippen LogP contribution in [0.3, 0.4) is 0 Å². The van der Waals surface area contributed by atoms with Crippen LogP contribution in [-0.2, 0) is 0 Å². The van der Waals surface area contributed by atoms with Crippen LogP contribution in [0.2, 0.25) is 0 Å². The van der Waals surface area contributed by atoms with Crippen LogP contribution >= 0.6 is 11.8 Å². The molecule has 0 fully saturated rings. The number of amidine groups is 2. The van der Waals surface area contributed by atoms with Crippen LogP contribution in [0.25, 0.3) is 12.4 Å². The lowest BCUT2D eigenvalue weighted by Gasteiger charge is -2.21. The Balaban J connectivity index is 2.14. The average molecular weight is 260 g/mol. The lowest BCUT2D eigenvalue weighted by molar-refractivity contribution is 0.530. The second-order valence-corrected chi connectivity index (χ2v) is 4.65. The van der Waals surface area contributed by atoms with E-state index < -0.39 is 5.25 Å². The van der Waals surface area contributed by atoms with Crippen LogP contribution in [-0.4, -0.2) is 21.3 Å². The van der Waals surface area contributed by atoms with Crippen molar-refractivity contribution < 1.29 is 4.42 Å². The molecular formula is C10H8N6OS. The molecule has 0 bridgehead atoms. The maximum absolute atomic E-state index is 8.92. The van der Waals surface area contributed by atoms with Gasteiger partial charge in [0, 0.05) is 0 Å². The van der Waals surface area contributed by atoms with Crippen molar-refractivity contribution in [1.29, 1.82) is 5.26 Å². The molecule has 0 amide bonds. The molecule has 3 N–H and O–H groups in total. The fraction of sp³-hybridized carbons (Fsp3) is 0.100. The minimum atomic E-state index is -0.510. The van der Waals surface area contributed by atoms with Gasteiger partial charge in [0.15, 0.2) is 11.1 Å². The summed E-state index contributed by atoms with van der Waals surface area (Å²) in [4.78, 5) is 0. The van der Waals surface area contributed by atoms with Crippen molar-refractivity contribution in [2.24, 2.45) is 15.9 Å². The van der Waals surface area contributed by atoms with E-state index in [4.69, 9.17) is 15.4 Å². The van der Waals surface area contributed by atoms with Crippen LogP contribution in [0.15, 0.2) is 26.9 Å². The number of hydrogen-bond acceptors (Lipinski definition) is 8. The lowest BCUT2D eigenvalue weighted by atomic mass is 10.4. The second-order valence-electron chi connectivity index (χ2n) is 3.58. The number of furan rings is 1. The molecule has 18 heavy (non-hydrogen) atoms. The van der Waals surface area contributed by atoms with Crippen molar-refractivity contribution in [2.45, 2.75) is 5.25 Å². The van der Waals surface area contributed by atoms with E-state index in [1.54, 1.807) is 11.1 Å². The Morgan fingerprint density at radius 2 is 2.50 bits per heavy atom. The van der Waals surface area contributed by atoms with Gasteiger partial charge < -0.3 is 10.2 Å². The average Bonchev–Trinajstić information content (AvgIpc) is 2.94. The third-order valence-electron chi connectivity index (χ3n) is 2.48. The predicted octanol–water partition coefficient (Wildman–Crippen LogP) is -1.16. The fourth-order valence-corrected chi connectivity index (χ4v) is 2.37. The van der Waals surface area contributed by atoms with Gasteiger partial charge in [-0.1, -0.05) is 18.3 Å². The molecule has 2 aliphatic rings.